The van der Waals surface area contributed by atoms with Crippen molar-refractivity contribution in [3.63, 3.8) is 0 Å². The first kappa shape index (κ1) is 15.7. The van der Waals surface area contributed by atoms with Crippen molar-refractivity contribution in [3.8, 4) is 11.1 Å². The molecule has 2 aliphatic rings. The molecule has 4 heteroatoms. The summed E-state index contributed by atoms with van der Waals surface area (Å²) in [5, 5.41) is 0. The van der Waals surface area contributed by atoms with Gasteiger partial charge in [0.15, 0.2) is 37.9 Å². The first-order valence-electron chi connectivity index (χ1n) is 9.09. The van der Waals surface area contributed by atoms with E-state index in [0.717, 1.165) is 26.3 Å². The molecule has 2 saturated heterocycles. The molecular formula is C20H26N2O2+2. The van der Waals surface area contributed by atoms with Crippen LogP contribution in [-0.4, -0.2) is 25.4 Å². The molecule has 0 aromatic carbocycles. The van der Waals surface area contributed by atoms with Crippen LogP contribution in [0, 0.1) is 0 Å². The Labute approximate surface area is 143 Å². The molecule has 24 heavy (non-hydrogen) atoms. The van der Waals surface area contributed by atoms with Crippen LogP contribution in [0.5, 0.6) is 0 Å². The fraction of sp³-hybridized carbons (Fsp3) is 0.500. The van der Waals surface area contributed by atoms with E-state index in [9.17, 15) is 0 Å². The SMILES string of the molecule is c1c[n+](CC2CCCO2)ccc1-c1cc[n+](CC2CCCO2)cc1. The topological polar surface area (TPSA) is 26.2 Å². The van der Waals surface area contributed by atoms with Gasteiger partial charge in [0.05, 0.1) is 0 Å². The highest BCUT2D eigenvalue weighted by molar-refractivity contribution is 5.60. The van der Waals surface area contributed by atoms with Crippen LogP contribution in [0.25, 0.3) is 11.1 Å². The van der Waals surface area contributed by atoms with Gasteiger partial charge in [-0.25, -0.2) is 9.13 Å². The predicted octanol–water partition coefficient (Wildman–Crippen LogP) is 2.29. The van der Waals surface area contributed by atoms with Crippen molar-refractivity contribution in [3.05, 3.63) is 49.1 Å². The third-order valence-corrected chi connectivity index (χ3v) is 4.99. The first-order valence-corrected chi connectivity index (χ1v) is 9.09. The summed E-state index contributed by atoms with van der Waals surface area (Å²) in [6, 6.07) is 8.76. The smallest absolute Gasteiger partial charge is 0.174 e. The highest BCUT2D eigenvalue weighted by Crippen LogP contribution is 2.17. The molecule has 0 aliphatic carbocycles. The number of rotatable bonds is 5. The molecule has 2 aromatic heterocycles. The number of aromatic nitrogens is 2. The molecule has 0 saturated carbocycles. The average molecular weight is 326 g/mol. The molecule has 4 heterocycles. The maximum absolute atomic E-state index is 5.71. The number of hydrogen-bond acceptors (Lipinski definition) is 2. The molecule has 2 fully saturated rings. The van der Waals surface area contributed by atoms with Crippen molar-refractivity contribution in [1.82, 2.24) is 0 Å². The summed E-state index contributed by atoms with van der Waals surface area (Å²) in [6.45, 7) is 3.74. The van der Waals surface area contributed by atoms with E-state index in [1.54, 1.807) is 0 Å². The van der Waals surface area contributed by atoms with Crippen molar-refractivity contribution in [2.45, 2.75) is 51.0 Å². The summed E-state index contributed by atoms with van der Waals surface area (Å²) in [5.41, 5.74) is 2.51. The molecular weight excluding hydrogens is 300 g/mol. The molecule has 2 aromatic rings. The largest absolute Gasteiger partial charge is 0.372 e. The van der Waals surface area contributed by atoms with Crippen molar-refractivity contribution in [2.24, 2.45) is 0 Å². The second-order valence-electron chi connectivity index (χ2n) is 6.84. The fourth-order valence-electron chi connectivity index (χ4n) is 3.59. The summed E-state index contributed by atoms with van der Waals surface area (Å²) >= 11 is 0. The van der Waals surface area contributed by atoms with Gasteiger partial charge in [0.1, 0.15) is 12.2 Å². The number of ether oxygens (including phenoxy) is 2. The quantitative estimate of drug-likeness (QED) is 0.788. The van der Waals surface area contributed by atoms with Gasteiger partial charge in [0.2, 0.25) is 0 Å². The van der Waals surface area contributed by atoms with Crippen LogP contribution in [0.2, 0.25) is 0 Å². The van der Waals surface area contributed by atoms with Gasteiger partial charge >= 0.3 is 0 Å². The van der Waals surface area contributed by atoms with Gasteiger partial charge in [0.25, 0.3) is 0 Å². The number of pyridine rings is 2. The Morgan fingerprint density at radius 1 is 0.708 bits per heavy atom. The van der Waals surface area contributed by atoms with Gasteiger partial charge in [-0.05, 0) is 36.8 Å². The van der Waals surface area contributed by atoms with Gasteiger partial charge in [-0.15, -0.1) is 0 Å². The molecule has 2 atom stereocenters. The maximum Gasteiger partial charge on any atom is 0.174 e. The lowest BCUT2D eigenvalue weighted by Crippen LogP contribution is -2.39. The van der Waals surface area contributed by atoms with E-state index >= 15 is 0 Å². The highest BCUT2D eigenvalue weighted by atomic mass is 16.5. The van der Waals surface area contributed by atoms with Crippen LogP contribution in [0.4, 0.5) is 0 Å². The molecule has 0 radical (unpaired) electrons. The molecule has 0 N–H and O–H groups in total. The lowest BCUT2D eigenvalue weighted by atomic mass is 10.1. The van der Waals surface area contributed by atoms with E-state index in [4.69, 9.17) is 9.47 Å². The van der Waals surface area contributed by atoms with Crippen LogP contribution in [0.15, 0.2) is 49.1 Å². The standard InChI is InChI=1S/C20H26N2O2/c1-3-19(23-13-1)15-21-9-5-17(6-10-21)18-7-11-22(12-8-18)16-20-4-2-14-24-20/h5-12,19-20H,1-4,13-16H2/q+2. The Morgan fingerprint density at radius 2 is 1.12 bits per heavy atom. The molecule has 0 bridgehead atoms. The van der Waals surface area contributed by atoms with Gasteiger partial charge in [-0.3, -0.25) is 0 Å². The molecule has 4 nitrogen and oxygen atoms in total. The summed E-state index contributed by atoms with van der Waals surface area (Å²) in [6.07, 6.45) is 14.1. The zero-order valence-electron chi connectivity index (χ0n) is 14.1. The van der Waals surface area contributed by atoms with Crippen LogP contribution in [0.1, 0.15) is 25.7 Å². The zero-order valence-corrected chi connectivity index (χ0v) is 14.1. The van der Waals surface area contributed by atoms with E-state index in [2.05, 4.69) is 58.2 Å². The fourth-order valence-corrected chi connectivity index (χ4v) is 3.59. The van der Waals surface area contributed by atoms with Gasteiger partial charge in [-0.2, -0.15) is 0 Å². The van der Waals surface area contributed by atoms with Gasteiger partial charge in [0, 0.05) is 37.5 Å². The zero-order chi connectivity index (χ0) is 16.2. The monoisotopic (exact) mass is 326 g/mol. The lowest BCUT2D eigenvalue weighted by Gasteiger charge is -2.06. The Morgan fingerprint density at radius 3 is 1.46 bits per heavy atom. The second-order valence-corrected chi connectivity index (χ2v) is 6.84. The lowest BCUT2D eigenvalue weighted by molar-refractivity contribution is -0.703. The van der Waals surface area contributed by atoms with E-state index in [-0.39, 0.29) is 0 Å². The maximum atomic E-state index is 5.71. The average Bonchev–Trinajstić information content (AvgIpc) is 3.31. The Bertz CT molecular complexity index is 583. The van der Waals surface area contributed by atoms with Crippen LogP contribution < -0.4 is 9.13 Å². The first-order chi connectivity index (χ1) is 11.9. The van der Waals surface area contributed by atoms with Crippen LogP contribution in [0.3, 0.4) is 0 Å². The van der Waals surface area contributed by atoms with E-state index in [1.807, 2.05) is 0 Å². The van der Waals surface area contributed by atoms with E-state index in [0.29, 0.717) is 12.2 Å². The Balaban J connectivity index is 1.39. The predicted molar refractivity (Wildman–Crippen MR) is 90.2 cm³/mol. The minimum atomic E-state index is 0.384. The highest BCUT2D eigenvalue weighted by Gasteiger charge is 2.21. The van der Waals surface area contributed by atoms with Crippen LogP contribution in [-0.2, 0) is 22.6 Å². The second kappa shape index (κ2) is 7.41. The molecule has 0 spiro atoms. The number of nitrogens with zero attached hydrogens (tertiary/aromatic N) is 2. The van der Waals surface area contributed by atoms with E-state index < -0.39 is 0 Å². The minimum absolute atomic E-state index is 0.384. The molecule has 2 aliphatic heterocycles. The molecule has 2 unspecified atom stereocenters. The van der Waals surface area contributed by atoms with Gasteiger partial charge in [-0.1, -0.05) is 0 Å². The summed E-state index contributed by atoms with van der Waals surface area (Å²) in [5.74, 6) is 0. The summed E-state index contributed by atoms with van der Waals surface area (Å²) in [7, 11) is 0. The number of hydrogen-bond donors (Lipinski definition) is 0. The Hall–Kier alpha value is -1.78. The summed E-state index contributed by atoms with van der Waals surface area (Å²) in [4.78, 5) is 0. The van der Waals surface area contributed by atoms with Crippen molar-refractivity contribution in [1.29, 1.82) is 0 Å². The normalized spacial score (nSPS) is 23.7. The molecule has 4 rings (SSSR count). The third-order valence-electron chi connectivity index (χ3n) is 4.99. The molecule has 126 valence electrons. The van der Waals surface area contributed by atoms with Crippen molar-refractivity contribution >= 4 is 0 Å². The van der Waals surface area contributed by atoms with Crippen molar-refractivity contribution in [2.75, 3.05) is 13.2 Å². The van der Waals surface area contributed by atoms with Gasteiger partial charge < -0.3 is 9.47 Å². The third kappa shape index (κ3) is 3.82. The minimum Gasteiger partial charge on any atom is -0.372 e. The van der Waals surface area contributed by atoms with Crippen molar-refractivity contribution < 1.29 is 18.6 Å². The molecule has 0 amide bonds. The van der Waals surface area contributed by atoms with E-state index in [1.165, 1.54) is 36.8 Å². The Kier molecular flexibility index (Phi) is 4.86. The van der Waals surface area contributed by atoms with Crippen LogP contribution >= 0.6 is 0 Å². The summed E-state index contributed by atoms with van der Waals surface area (Å²) < 4.78 is 15.9.